The van der Waals surface area contributed by atoms with E-state index in [-0.39, 0.29) is 0 Å². The molecule has 120 valence electrons. The van der Waals surface area contributed by atoms with Crippen molar-refractivity contribution >= 4 is 0 Å². The molecule has 0 spiro atoms. The minimum atomic E-state index is 0.572. The Morgan fingerprint density at radius 3 is 2.52 bits per heavy atom. The second-order valence-corrected chi connectivity index (χ2v) is 6.21. The van der Waals surface area contributed by atoms with E-state index in [4.69, 9.17) is 9.47 Å². The zero-order valence-electron chi connectivity index (χ0n) is 14.2. The predicted octanol–water partition coefficient (Wildman–Crippen LogP) is 4.26. The van der Waals surface area contributed by atoms with Crippen molar-refractivity contribution in [1.82, 2.24) is 5.32 Å². The van der Waals surface area contributed by atoms with Gasteiger partial charge in [-0.05, 0) is 42.5 Å². The smallest absolute Gasteiger partial charge is 0.161 e. The van der Waals surface area contributed by atoms with Gasteiger partial charge < -0.3 is 14.8 Å². The largest absolute Gasteiger partial charge is 0.493 e. The Balaban J connectivity index is 2.62. The van der Waals surface area contributed by atoms with E-state index in [1.807, 2.05) is 6.07 Å². The zero-order chi connectivity index (χ0) is 15.7. The number of methoxy groups -OCH3 is 1. The van der Waals surface area contributed by atoms with Gasteiger partial charge in [0.1, 0.15) is 0 Å². The van der Waals surface area contributed by atoms with E-state index in [0.29, 0.717) is 11.8 Å². The first kappa shape index (κ1) is 17.8. The van der Waals surface area contributed by atoms with Crippen LogP contribution in [0.4, 0.5) is 0 Å². The SMILES string of the molecule is CCCC(C)COc1cc(CNCC(C)C)ccc1OC. The van der Waals surface area contributed by atoms with Crippen LogP contribution in [0.15, 0.2) is 18.2 Å². The third-order valence-corrected chi connectivity index (χ3v) is 3.41. The monoisotopic (exact) mass is 293 g/mol. The summed E-state index contributed by atoms with van der Waals surface area (Å²) < 4.78 is 11.3. The zero-order valence-corrected chi connectivity index (χ0v) is 14.2. The van der Waals surface area contributed by atoms with Gasteiger partial charge in [-0.25, -0.2) is 0 Å². The van der Waals surface area contributed by atoms with Crippen LogP contribution >= 0.6 is 0 Å². The van der Waals surface area contributed by atoms with Crippen molar-refractivity contribution in [2.24, 2.45) is 11.8 Å². The van der Waals surface area contributed by atoms with Crippen LogP contribution in [-0.4, -0.2) is 20.3 Å². The summed E-state index contributed by atoms with van der Waals surface area (Å²) in [5.74, 6) is 2.90. The van der Waals surface area contributed by atoms with Gasteiger partial charge >= 0.3 is 0 Å². The maximum Gasteiger partial charge on any atom is 0.161 e. The lowest BCUT2D eigenvalue weighted by Crippen LogP contribution is -2.19. The van der Waals surface area contributed by atoms with E-state index in [0.717, 1.165) is 31.2 Å². The van der Waals surface area contributed by atoms with Crippen LogP contribution in [0.2, 0.25) is 0 Å². The van der Waals surface area contributed by atoms with Crippen LogP contribution in [0, 0.1) is 11.8 Å². The molecule has 1 aromatic carbocycles. The fourth-order valence-corrected chi connectivity index (χ4v) is 2.26. The van der Waals surface area contributed by atoms with Crippen LogP contribution in [0.1, 0.15) is 46.1 Å². The molecule has 1 rings (SSSR count). The molecule has 0 aliphatic rings. The van der Waals surface area contributed by atoms with Gasteiger partial charge in [0.15, 0.2) is 11.5 Å². The van der Waals surface area contributed by atoms with E-state index >= 15 is 0 Å². The maximum atomic E-state index is 5.96. The third kappa shape index (κ3) is 6.85. The molecule has 0 radical (unpaired) electrons. The summed E-state index contributed by atoms with van der Waals surface area (Å²) in [6.07, 6.45) is 2.39. The molecule has 1 unspecified atom stereocenters. The van der Waals surface area contributed by atoms with Crippen molar-refractivity contribution in [2.45, 2.75) is 47.1 Å². The van der Waals surface area contributed by atoms with E-state index in [9.17, 15) is 0 Å². The van der Waals surface area contributed by atoms with Gasteiger partial charge in [-0.3, -0.25) is 0 Å². The molecule has 0 saturated carbocycles. The topological polar surface area (TPSA) is 30.5 Å². The van der Waals surface area contributed by atoms with E-state index < -0.39 is 0 Å². The van der Waals surface area contributed by atoms with Crippen molar-refractivity contribution < 1.29 is 9.47 Å². The van der Waals surface area contributed by atoms with E-state index in [1.165, 1.54) is 18.4 Å². The molecular formula is C18H31NO2. The van der Waals surface area contributed by atoms with Crippen LogP contribution in [0.25, 0.3) is 0 Å². The highest BCUT2D eigenvalue weighted by Gasteiger charge is 2.08. The molecule has 3 nitrogen and oxygen atoms in total. The van der Waals surface area contributed by atoms with Gasteiger partial charge in [-0.15, -0.1) is 0 Å². The van der Waals surface area contributed by atoms with E-state index in [2.05, 4.69) is 45.1 Å². The fourth-order valence-electron chi connectivity index (χ4n) is 2.26. The molecule has 0 saturated heterocycles. The lowest BCUT2D eigenvalue weighted by Gasteiger charge is -2.16. The summed E-state index contributed by atoms with van der Waals surface area (Å²) in [6.45, 7) is 11.5. The van der Waals surface area contributed by atoms with Crippen molar-refractivity contribution in [1.29, 1.82) is 0 Å². The number of rotatable bonds is 10. The summed E-state index contributed by atoms with van der Waals surface area (Å²) in [5, 5.41) is 3.45. The first-order valence-electron chi connectivity index (χ1n) is 8.07. The molecule has 0 fully saturated rings. The second kappa shape index (κ2) is 9.67. The highest BCUT2D eigenvalue weighted by molar-refractivity contribution is 5.42. The van der Waals surface area contributed by atoms with Gasteiger partial charge in [0, 0.05) is 6.54 Å². The van der Waals surface area contributed by atoms with E-state index in [1.54, 1.807) is 7.11 Å². The fraction of sp³-hybridized carbons (Fsp3) is 0.667. The quantitative estimate of drug-likeness (QED) is 0.699. The first-order chi connectivity index (χ1) is 10.1. The van der Waals surface area contributed by atoms with Crippen molar-refractivity contribution in [2.75, 3.05) is 20.3 Å². The normalized spacial score (nSPS) is 12.5. The Labute approximate surface area is 130 Å². The Hall–Kier alpha value is -1.22. The summed E-state index contributed by atoms with van der Waals surface area (Å²) in [4.78, 5) is 0. The predicted molar refractivity (Wildman–Crippen MR) is 89.1 cm³/mol. The summed E-state index contributed by atoms with van der Waals surface area (Å²) >= 11 is 0. The Morgan fingerprint density at radius 2 is 1.90 bits per heavy atom. The molecule has 0 aromatic heterocycles. The van der Waals surface area contributed by atoms with Crippen LogP contribution in [-0.2, 0) is 6.54 Å². The van der Waals surface area contributed by atoms with Crippen molar-refractivity contribution in [3.63, 3.8) is 0 Å². The number of benzene rings is 1. The molecule has 0 amide bonds. The molecule has 3 heteroatoms. The number of hydrogen-bond acceptors (Lipinski definition) is 3. The Kier molecular flexibility index (Phi) is 8.21. The third-order valence-electron chi connectivity index (χ3n) is 3.41. The molecule has 1 atom stereocenters. The average molecular weight is 293 g/mol. The molecule has 0 bridgehead atoms. The minimum Gasteiger partial charge on any atom is -0.493 e. The molecular weight excluding hydrogens is 262 g/mol. The van der Waals surface area contributed by atoms with Crippen LogP contribution in [0.5, 0.6) is 11.5 Å². The van der Waals surface area contributed by atoms with Crippen molar-refractivity contribution in [3.05, 3.63) is 23.8 Å². The molecule has 21 heavy (non-hydrogen) atoms. The van der Waals surface area contributed by atoms with Gasteiger partial charge in [0.05, 0.1) is 13.7 Å². The summed E-state index contributed by atoms with van der Waals surface area (Å²) in [5.41, 5.74) is 1.23. The number of nitrogens with one attached hydrogen (secondary N) is 1. The van der Waals surface area contributed by atoms with Gasteiger partial charge in [0.25, 0.3) is 0 Å². The van der Waals surface area contributed by atoms with Crippen LogP contribution < -0.4 is 14.8 Å². The average Bonchev–Trinajstić information content (AvgIpc) is 2.45. The summed E-state index contributed by atoms with van der Waals surface area (Å²) in [7, 11) is 1.69. The Bertz CT molecular complexity index is 404. The highest BCUT2D eigenvalue weighted by Crippen LogP contribution is 2.28. The molecule has 0 aliphatic carbocycles. The maximum absolute atomic E-state index is 5.96. The second-order valence-electron chi connectivity index (χ2n) is 6.21. The lowest BCUT2D eigenvalue weighted by atomic mass is 10.1. The molecule has 1 N–H and O–H groups in total. The minimum absolute atomic E-state index is 0.572. The van der Waals surface area contributed by atoms with Gasteiger partial charge in [-0.2, -0.15) is 0 Å². The van der Waals surface area contributed by atoms with Crippen molar-refractivity contribution in [3.8, 4) is 11.5 Å². The standard InChI is InChI=1S/C18H31NO2/c1-6-7-15(4)13-21-18-10-16(8-9-17(18)20-5)12-19-11-14(2)3/h8-10,14-15,19H,6-7,11-13H2,1-5H3. The highest BCUT2D eigenvalue weighted by atomic mass is 16.5. The number of ether oxygens (including phenoxy) is 2. The van der Waals surface area contributed by atoms with Gasteiger partial charge in [-0.1, -0.05) is 40.2 Å². The Morgan fingerprint density at radius 1 is 1.14 bits per heavy atom. The molecule has 1 aromatic rings. The van der Waals surface area contributed by atoms with Crippen LogP contribution in [0.3, 0.4) is 0 Å². The number of hydrogen-bond donors (Lipinski definition) is 1. The first-order valence-corrected chi connectivity index (χ1v) is 8.07. The lowest BCUT2D eigenvalue weighted by molar-refractivity contribution is 0.240. The molecule has 0 heterocycles. The summed E-state index contributed by atoms with van der Waals surface area (Å²) in [6, 6.07) is 6.17. The van der Waals surface area contributed by atoms with Gasteiger partial charge in [0.2, 0.25) is 0 Å². The molecule has 0 aliphatic heterocycles.